The lowest BCUT2D eigenvalue weighted by Gasteiger charge is -2.44. The van der Waals surface area contributed by atoms with Crippen LogP contribution in [0.5, 0.6) is 11.5 Å². The molecule has 0 spiro atoms. The molecule has 1 saturated carbocycles. The quantitative estimate of drug-likeness (QED) is 0.0631. The number of ether oxygens (including phenoxy) is 6. The predicted octanol–water partition coefficient (Wildman–Crippen LogP) is 7.91. The summed E-state index contributed by atoms with van der Waals surface area (Å²) in [7, 11) is -1.05. The molecule has 2 fully saturated rings. The van der Waals surface area contributed by atoms with Crippen LogP contribution < -0.4 is 19.8 Å². The van der Waals surface area contributed by atoms with Gasteiger partial charge in [-0.25, -0.2) is 4.79 Å². The lowest BCUT2D eigenvalue weighted by atomic mass is 9.97. The van der Waals surface area contributed by atoms with Gasteiger partial charge in [-0.05, 0) is 78.5 Å². The zero-order chi connectivity index (χ0) is 41.6. The molecule has 4 unspecified atom stereocenters. The average Bonchev–Trinajstić information content (AvgIpc) is 3.85. The minimum Gasteiger partial charge on any atom is -0.497 e. The second kappa shape index (κ2) is 18.6. The van der Waals surface area contributed by atoms with Gasteiger partial charge in [0.05, 0.1) is 25.9 Å². The molecule has 57 heavy (non-hydrogen) atoms. The van der Waals surface area contributed by atoms with Crippen molar-refractivity contribution in [2.24, 2.45) is 5.92 Å². The van der Waals surface area contributed by atoms with Crippen LogP contribution in [-0.2, 0) is 23.4 Å². The minimum atomic E-state index is -2.76. The van der Waals surface area contributed by atoms with Gasteiger partial charge in [-0.3, -0.25) is 0 Å². The third-order valence-electron chi connectivity index (χ3n) is 10.8. The number of esters is 1. The normalized spacial score (nSPS) is 21.5. The molecule has 5 rings (SSSR count). The predicted molar refractivity (Wildman–Crippen MR) is 230 cm³/mol. The standard InChI is InChI=1S/C46H64O9Si2/c1-32(55-57(45(2,3)4,35-20-14-12-15-21-35)36-22-16-13-17-23-36)19-18-24-39(47)43-41(53-46(5,6)54-43)28-33-27-37(33)38-29-34(50-8)30-40(52-31-49-7)42(38)44(48)51-25-26-56(9,10)11/h12-17,20-23,29-30,32-33,37,39,41,43,47H,19,25-28,31H2,1-11H3/t32?,33?,37?,39?,41-,43+/m0/s1. The Morgan fingerprint density at radius 1 is 0.982 bits per heavy atom. The van der Waals surface area contributed by atoms with E-state index in [1.807, 2.05) is 32.0 Å². The van der Waals surface area contributed by atoms with Crippen molar-refractivity contribution >= 4 is 32.7 Å². The van der Waals surface area contributed by atoms with E-state index >= 15 is 0 Å². The topological polar surface area (TPSA) is 102 Å². The van der Waals surface area contributed by atoms with Crippen molar-refractivity contribution < 1.29 is 42.7 Å². The third kappa shape index (κ3) is 11.2. The van der Waals surface area contributed by atoms with Gasteiger partial charge in [-0.2, -0.15) is 0 Å². The van der Waals surface area contributed by atoms with Crippen molar-refractivity contribution in [2.75, 3.05) is 27.6 Å². The number of rotatable bonds is 17. The zero-order valence-electron chi connectivity index (χ0n) is 35.8. The Bertz CT molecular complexity index is 1800. The molecule has 3 aromatic carbocycles. The largest absolute Gasteiger partial charge is 0.497 e. The van der Waals surface area contributed by atoms with Crippen molar-refractivity contribution in [3.63, 3.8) is 0 Å². The van der Waals surface area contributed by atoms with E-state index in [9.17, 15) is 9.90 Å². The number of carbonyl (C=O) groups excluding carboxylic acids is 1. The van der Waals surface area contributed by atoms with E-state index in [-0.39, 0.29) is 29.8 Å². The summed E-state index contributed by atoms with van der Waals surface area (Å²) >= 11 is 0. The molecule has 6 atom stereocenters. The van der Waals surface area contributed by atoms with E-state index in [4.69, 9.17) is 32.8 Å². The second-order valence-electron chi connectivity index (χ2n) is 18.1. The van der Waals surface area contributed by atoms with Crippen LogP contribution in [0.2, 0.25) is 30.7 Å². The van der Waals surface area contributed by atoms with Gasteiger partial charge < -0.3 is 38.0 Å². The first kappa shape index (κ1) is 44.6. The molecule has 310 valence electrons. The number of carbonyl (C=O) groups is 1. The van der Waals surface area contributed by atoms with Crippen LogP contribution in [0.4, 0.5) is 0 Å². The van der Waals surface area contributed by atoms with Crippen LogP contribution >= 0.6 is 0 Å². The summed E-state index contributed by atoms with van der Waals surface area (Å²) in [5.74, 6) is 6.16. The number of aliphatic hydroxyl groups is 1. The van der Waals surface area contributed by atoms with Crippen molar-refractivity contribution in [1.82, 2.24) is 0 Å². The molecular weight excluding hydrogens is 753 g/mol. The molecule has 0 aromatic heterocycles. The molecule has 0 bridgehead atoms. The van der Waals surface area contributed by atoms with Crippen LogP contribution in [0.3, 0.4) is 0 Å². The van der Waals surface area contributed by atoms with Crippen LogP contribution in [0.15, 0.2) is 72.8 Å². The van der Waals surface area contributed by atoms with Crippen LogP contribution in [0, 0.1) is 17.8 Å². The minimum absolute atomic E-state index is 0.0246. The Labute approximate surface area is 342 Å². The van der Waals surface area contributed by atoms with Gasteiger partial charge in [-0.15, -0.1) is 0 Å². The highest BCUT2D eigenvalue weighted by atomic mass is 28.4. The van der Waals surface area contributed by atoms with Crippen molar-refractivity contribution in [3.8, 4) is 23.3 Å². The highest BCUT2D eigenvalue weighted by Gasteiger charge is 2.52. The molecule has 2 aliphatic rings. The third-order valence-corrected chi connectivity index (χ3v) is 17.7. The van der Waals surface area contributed by atoms with E-state index < -0.39 is 46.5 Å². The van der Waals surface area contributed by atoms with Crippen LogP contribution in [0.25, 0.3) is 0 Å². The summed E-state index contributed by atoms with van der Waals surface area (Å²) < 4.78 is 42.5. The van der Waals surface area contributed by atoms with Crippen LogP contribution in [-0.4, -0.2) is 85.3 Å². The molecule has 1 saturated heterocycles. The van der Waals surface area contributed by atoms with Gasteiger partial charge in [0.2, 0.25) is 0 Å². The Hall–Kier alpha value is -3.48. The summed E-state index contributed by atoms with van der Waals surface area (Å²) in [6.45, 7) is 19.6. The monoisotopic (exact) mass is 816 g/mol. The molecule has 11 heteroatoms. The molecular formula is C46H64O9Si2. The maximum Gasteiger partial charge on any atom is 0.342 e. The number of hydrogen-bond acceptors (Lipinski definition) is 9. The number of aliphatic hydroxyl groups excluding tert-OH is 1. The fraction of sp³-hybridized carbons (Fsp3) is 0.543. The van der Waals surface area contributed by atoms with Crippen LogP contribution in [0.1, 0.15) is 82.6 Å². The van der Waals surface area contributed by atoms with E-state index in [0.717, 1.165) is 18.0 Å². The second-order valence-corrected chi connectivity index (χ2v) is 28.0. The van der Waals surface area contributed by atoms with Gasteiger partial charge >= 0.3 is 5.97 Å². The van der Waals surface area contributed by atoms with Gasteiger partial charge in [0.15, 0.2) is 12.6 Å². The Morgan fingerprint density at radius 3 is 2.18 bits per heavy atom. The first-order chi connectivity index (χ1) is 26.9. The Morgan fingerprint density at radius 2 is 1.61 bits per heavy atom. The summed E-state index contributed by atoms with van der Waals surface area (Å²) in [5, 5.41) is 13.8. The molecule has 1 aliphatic heterocycles. The molecule has 1 heterocycles. The van der Waals surface area contributed by atoms with Crippen molar-refractivity contribution in [2.45, 2.75) is 128 Å². The maximum absolute atomic E-state index is 13.7. The SMILES string of the molecule is COCOc1cc(OC)cc(C2CC2C[C@@H]2OC(C)(C)O[C@@H]2C(O)C#CCC(C)O[Si](c2ccccc2)(c2ccccc2)C(C)(C)C)c1C(=O)OCC[Si](C)(C)C. The van der Waals surface area contributed by atoms with E-state index in [2.05, 4.69) is 108 Å². The lowest BCUT2D eigenvalue weighted by molar-refractivity contribution is -0.152. The summed E-state index contributed by atoms with van der Waals surface area (Å²) in [6, 6.07) is 25.6. The highest BCUT2D eigenvalue weighted by Crippen LogP contribution is 2.54. The van der Waals surface area contributed by atoms with Crippen molar-refractivity contribution in [3.05, 3.63) is 83.9 Å². The molecule has 9 nitrogen and oxygen atoms in total. The Kier molecular flexibility index (Phi) is 14.6. The first-order valence-electron chi connectivity index (χ1n) is 20.2. The van der Waals surface area contributed by atoms with Gasteiger partial charge in [0.25, 0.3) is 8.32 Å². The summed E-state index contributed by atoms with van der Waals surface area (Å²) in [5.41, 5.74) is 1.21. The average molecular weight is 817 g/mol. The highest BCUT2D eigenvalue weighted by molar-refractivity contribution is 6.99. The van der Waals surface area contributed by atoms with Gasteiger partial charge in [-0.1, -0.05) is 113 Å². The van der Waals surface area contributed by atoms with Gasteiger partial charge in [0, 0.05) is 27.7 Å². The van der Waals surface area contributed by atoms with Gasteiger partial charge in [0.1, 0.15) is 29.3 Å². The van der Waals surface area contributed by atoms with E-state index in [1.54, 1.807) is 13.2 Å². The molecule has 0 radical (unpaired) electrons. The van der Waals surface area contributed by atoms with E-state index in [0.29, 0.717) is 36.5 Å². The van der Waals surface area contributed by atoms with E-state index in [1.165, 1.54) is 17.5 Å². The van der Waals surface area contributed by atoms with Crippen molar-refractivity contribution in [1.29, 1.82) is 0 Å². The lowest BCUT2D eigenvalue weighted by Crippen LogP contribution is -2.67. The molecule has 3 aromatic rings. The fourth-order valence-electron chi connectivity index (χ4n) is 7.92. The fourth-order valence-corrected chi connectivity index (χ4v) is 13.3. The zero-order valence-corrected chi connectivity index (χ0v) is 37.8. The summed E-state index contributed by atoms with van der Waals surface area (Å²) in [4.78, 5) is 13.7. The summed E-state index contributed by atoms with van der Waals surface area (Å²) in [6.07, 6.45) is -0.470. The number of benzene rings is 3. The first-order valence-corrected chi connectivity index (χ1v) is 25.8. The molecule has 1 aliphatic carbocycles. The maximum atomic E-state index is 13.7. The molecule has 0 amide bonds. The number of hydrogen-bond donors (Lipinski definition) is 1. The smallest absolute Gasteiger partial charge is 0.342 e. The number of methoxy groups -OCH3 is 2. The Balaban J connectivity index is 1.32. The molecule has 1 N–H and O–H groups in total.